The number of hydrogen-bond donors (Lipinski definition) is 1. The number of aryl methyl sites for hydroxylation is 2. The maximum atomic E-state index is 13.6. The van der Waals surface area contributed by atoms with Crippen LogP contribution in [0, 0.1) is 19.7 Å². The van der Waals surface area contributed by atoms with Gasteiger partial charge < -0.3 is 9.88 Å². The van der Waals surface area contributed by atoms with Gasteiger partial charge >= 0.3 is 0 Å². The Labute approximate surface area is 162 Å². The molecule has 1 fully saturated rings. The lowest BCUT2D eigenvalue weighted by Gasteiger charge is -2.33. The van der Waals surface area contributed by atoms with Crippen LogP contribution >= 0.6 is 11.6 Å². The van der Waals surface area contributed by atoms with E-state index in [4.69, 9.17) is 11.6 Å². The minimum absolute atomic E-state index is 0.103. The van der Waals surface area contributed by atoms with Gasteiger partial charge in [-0.3, -0.25) is 0 Å². The van der Waals surface area contributed by atoms with Gasteiger partial charge in [-0.15, -0.1) is 0 Å². The highest BCUT2D eigenvalue weighted by Crippen LogP contribution is 2.35. The molecule has 0 spiro atoms. The Morgan fingerprint density at radius 3 is 2.63 bits per heavy atom. The molecule has 1 N–H and O–H groups in total. The third-order valence-corrected chi connectivity index (χ3v) is 5.46. The normalized spacial score (nSPS) is 15.3. The molecule has 0 aliphatic carbocycles. The number of halogens is 2. The Bertz CT molecular complexity index is 963. The van der Waals surface area contributed by atoms with Crippen LogP contribution in [0.5, 0.6) is 0 Å². The summed E-state index contributed by atoms with van der Waals surface area (Å²) in [6.45, 7) is 5.72. The molecule has 0 saturated carbocycles. The van der Waals surface area contributed by atoms with Gasteiger partial charge in [0.1, 0.15) is 17.5 Å². The van der Waals surface area contributed by atoms with E-state index in [1.807, 2.05) is 6.92 Å². The molecule has 1 aromatic carbocycles. The van der Waals surface area contributed by atoms with Crippen molar-refractivity contribution in [1.82, 2.24) is 19.9 Å². The summed E-state index contributed by atoms with van der Waals surface area (Å²) in [5.41, 5.74) is 4.01. The largest absolute Gasteiger partial charge is 0.356 e. The highest BCUT2D eigenvalue weighted by atomic mass is 35.5. The van der Waals surface area contributed by atoms with Gasteiger partial charge in [-0.05, 0) is 44.4 Å². The van der Waals surface area contributed by atoms with Crippen molar-refractivity contribution in [2.45, 2.75) is 32.6 Å². The Balaban J connectivity index is 1.61. The Morgan fingerprint density at radius 2 is 1.96 bits per heavy atom. The van der Waals surface area contributed by atoms with Crippen LogP contribution in [0.15, 0.2) is 30.7 Å². The van der Waals surface area contributed by atoms with Gasteiger partial charge in [-0.25, -0.2) is 19.3 Å². The molecule has 0 radical (unpaired) electrons. The van der Waals surface area contributed by atoms with E-state index in [-0.39, 0.29) is 5.02 Å². The summed E-state index contributed by atoms with van der Waals surface area (Å²) in [5.74, 6) is 1.62. The fourth-order valence-electron chi connectivity index (χ4n) is 3.71. The molecule has 5 nitrogen and oxygen atoms in total. The highest BCUT2D eigenvalue weighted by molar-refractivity contribution is 6.31. The van der Waals surface area contributed by atoms with E-state index in [9.17, 15) is 4.39 Å². The van der Waals surface area contributed by atoms with E-state index in [0.717, 1.165) is 48.6 Å². The summed E-state index contributed by atoms with van der Waals surface area (Å²) in [5, 5.41) is 0.103. The minimum atomic E-state index is -0.426. The number of nitrogens with one attached hydrogen (secondary N) is 1. The zero-order valence-electron chi connectivity index (χ0n) is 15.3. The van der Waals surface area contributed by atoms with Crippen LogP contribution in [0.25, 0.3) is 11.1 Å². The summed E-state index contributed by atoms with van der Waals surface area (Å²) in [6, 6.07) is 4.74. The Morgan fingerprint density at radius 1 is 1.19 bits per heavy atom. The number of aromatic nitrogens is 4. The molecule has 27 heavy (non-hydrogen) atoms. The van der Waals surface area contributed by atoms with Crippen LogP contribution in [0.3, 0.4) is 0 Å². The van der Waals surface area contributed by atoms with Crippen molar-refractivity contribution in [3.63, 3.8) is 0 Å². The molecule has 1 aliphatic heterocycles. The van der Waals surface area contributed by atoms with E-state index in [2.05, 4.69) is 31.8 Å². The number of nitrogens with zero attached hydrogens (tertiary/aromatic N) is 4. The van der Waals surface area contributed by atoms with Gasteiger partial charge in [0.25, 0.3) is 0 Å². The van der Waals surface area contributed by atoms with Crippen LogP contribution in [-0.2, 0) is 0 Å². The van der Waals surface area contributed by atoms with E-state index >= 15 is 0 Å². The third kappa shape index (κ3) is 3.54. The predicted octanol–water partition coefficient (Wildman–Crippen LogP) is 4.66. The van der Waals surface area contributed by atoms with Crippen LogP contribution in [0.4, 0.5) is 10.2 Å². The van der Waals surface area contributed by atoms with Crippen molar-refractivity contribution in [1.29, 1.82) is 0 Å². The first-order chi connectivity index (χ1) is 13.0. The van der Waals surface area contributed by atoms with Crippen molar-refractivity contribution in [2.24, 2.45) is 0 Å². The molecule has 2 aromatic heterocycles. The lowest BCUT2D eigenvalue weighted by atomic mass is 9.92. The lowest BCUT2D eigenvalue weighted by Crippen LogP contribution is -2.34. The second-order valence-corrected chi connectivity index (χ2v) is 7.36. The standard InChI is InChI=1S/C20H21ClFN5/c1-12-19(25-11-24-12)14-5-7-27(8-6-14)20-16(10-23-13(2)26-20)15-3-4-18(22)17(21)9-15/h3-4,9-11,14H,5-8H2,1-2H3,(H,24,25). The Hall–Kier alpha value is -2.47. The first kappa shape index (κ1) is 17.9. The van der Waals surface area contributed by atoms with Crippen molar-refractivity contribution >= 4 is 17.4 Å². The number of anilines is 1. The number of H-pyrrole nitrogens is 1. The minimum Gasteiger partial charge on any atom is -0.356 e. The van der Waals surface area contributed by atoms with Gasteiger partial charge in [0.15, 0.2) is 0 Å². The van der Waals surface area contributed by atoms with E-state index in [1.54, 1.807) is 24.7 Å². The van der Waals surface area contributed by atoms with Crippen molar-refractivity contribution in [2.75, 3.05) is 18.0 Å². The van der Waals surface area contributed by atoms with Gasteiger partial charge in [0.2, 0.25) is 0 Å². The third-order valence-electron chi connectivity index (χ3n) is 5.17. The second-order valence-electron chi connectivity index (χ2n) is 6.96. The molecule has 0 bridgehead atoms. The topological polar surface area (TPSA) is 57.7 Å². The monoisotopic (exact) mass is 385 g/mol. The summed E-state index contributed by atoms with van der Waals surface area (Å²) in [6.07, 6.45) is 5.59. The van der Waals surface area contributed by atoms with Crippen molar-refractivity contribution < 1.29 is 4.39 Å². The SMILES string of the molecule is Cc1ncc(-c2ccc(F)c(Cl)c2)c(N2CCC(c3nc[nH]c3C)CC2)n1. The molecule has 4 rings (SSSR count). The summed E-state index contributed by atoms with van der Waals surface area (Å²) in [4.78, 5) is 19.0. The lowest BCUT2D eigenvalue weighted by molar-refractivity contribution is 0.493. The highest BCUT2D eigenvalue weighted by Gasteiger charge is 2.26. The molecule has 0 atom stereocenters. The molecule has 1 saturated heterocycles. The van der Waals surface area contributed by atoms with Gasteiger partial charge in [0.05, 0.1) is 17.0 Å². The first-order valence-corrected chi connectivity index (χ1v) is 9.44. The zero-order chi connectivity index (χ0) is 19.0. The van der Waals surface area contributed by atoms with Gasteiger partial charge in [-0.2, -0.15) is 0 Å². The maximum Gasteiger partial charge on any atom is 0.141 e. The average molecular weight is 386 g/mol. The van der Waals surface area contributed by atoms with Crippen LogP contribution in [0.1, 0.15) is 36.0 Å². The molecule has 140 valence electrons. The second kappa shape index (κ2) is 7.27. The van der Waals surface area contributed by atoms with Gasteiger partial charge in [0, 0.05) is 36.5 Å². The predicted molar refractivity (Wildman–Crippen MR) is 105 cm³/mol. The fraction of sp³-hybridized carbons (Fsp3) is 0.350. The Kier molecular flexibility index (Phi) is 4.83. The van der Waals surface area contributed by atoms with Crippen molar-refractivity contribution in [3.05, 3.63) is 58.8 Å². The summed E-state index contributed by atoms with van der Waals surface area (Å²) < 4.78 is 13.6. The van der Waals surface area contributed by atoms with Crippen LogP contribution in [0.2, 0.25) is 5.02 Å². The van der Waals surface area contributed by atoms with Crippen LogP contribution in [-0.4, -0.2) is 33.0 Å². The number of rotatable bonds is 3. The van der Waals surface area contributed by atoms with Crippen LogP contribution < -0.4 is 4.90 Å². The van der Waals surface area contributed by atoms with E-state index in [1.165, 1.54) is 11.8 Å². The number of piperidine rings is 1. The summed E-state index contributed by atoms with van der Waals surface area (Å²) in [7, 11) is 0. The molecule has 1 aliphatic rings. The van der Waals surface area contributed by atoms with Crippen molar-refractivity contribution in [3.8, 4) is 11.1 Å². The molecular weight excluding hydrogens is 365 g/mol. The molecule has 0 amide bonds. The van der Waals surface area contributed by atoms with E-state index < -0.39 is 5.82 Å². The number of benzene rings is 1. The molecule has 3 heterocycles. The molecular formula is C20H21ClFN5. The number of aromatic amines is 1. The number of imidazole rings is 1. The first-order valence-electron chi connectivity index (χ1n) is 9.07. The molecule has 3 aromatic rings. The fourth-order valence-corrected chi connectivity index (χ4v) is 3.89. The number of hydrogen-bond acceptors (Lipinski definition) is 4. The molecule has 7 heteroatoms. The quantitative estimate of drug-likeness (QED) is 0.712. The molecule has 0 unspecified atom stereocenters. The smallest absolute Gasteiger partial charge is 0.141 e. The van der Waals surface area contributed by atoms with Gasteiger partial charge in [-0.1, -0.05) is 17.7 Å². The average Bonchev–Trinajstić information content (AvgIpc) is 3.10. The maximum absolute atomic E-state index is 13.6. The zero-order valence-corrected chi connectivity index (χ0v) is 16.1. The van der Waals surface area contributed by atoms with E-state index in [0.29, 0.717) is 11.7 Å². The summed E-state index contributed by atoms with van der Waals surface area (Å²) >= 11 is 5.98.